The van der Waals surface area contributed by atoms with Crippen LogP contribution in [-0.4, -0.2) is 29.1 Å². The molecule has 0 fully saturated rings. The molecule has 0 saturated carbocycles. The van der Waals surface area contributed by atoms with Gasteiger partial charge >= 0.3 is 0 Å². The third-order valence-electron chi connectivity index (χ3n) is 2.80. The summed E-state index contributed by atoms with van der Waals surface area (Å²) in [5.74, 6) is 1.30. The van der Waals surface area contributed by atoms with Crippen molar-refractivity contribution < 1.29 is 21.2 Å². The third-order valence-corrected chi connectivity index (χ3v) is 5.44. The lowest BCUT2D eigenvalue weighted by Gasteiger charge is -2.15. The van der Waals surface area contributed by atoms with Gasteiger partial charge in [-0.05, 0) is 24.6 Å². The number of rotatable bonds is 6. The highest BCUT2D eigenvalue weighted by atomic mass is 32.2. The molecule has 0 aliphatic carbocycles. The zero-order valence-electron chi connectivity index (χ0n) is 11.6. The van der Waals surface area contributed by atoms with Crippen molar-refractivity contribution in [2.75, 3.05) is 6.26 Å². The lowest BCUT2D eigenvalue weighted by Crippen LogP contribution is -2.34. The molecule has 1 unspecified atom stereocenters. The maximum atomic E-state index is 13.7. The van der Waals surface area contributed by atoms with E-state index in [1.165, 1.54) is 0 Å². The standard InChI is InChI=1S/C13H16FNO4S2/c1-4-6-10(5-2)15-21(18,19)13-9-11(20(3,16)17)7-8-12(13)14/h1,7-10,15H,5-6H2,2-3H3. The lowest BCUT2D eigenvalue weighted by molar-refractivity contribution is 0.530. The lowest BCUT2D eigenvalue weighted by atomic mass is 10.2. The van der Waals surface area contributed by atoms with Gasteiger partial charge in [-0.15, -0.1) is 12.3 Å². The molecule has 0 amide bonds. The number of terminal acetylenes is 1. The zero-order chi connectivity index (χ0) is 16.3. The van der Waals surface area contributed by atoms with Gasteiger partial charge in [-0.1, -0.05) is 6.92 Å². The maximum Gasteiger partial charge on any atom is 0.243 e. The second-order valence-electron chi connectivity index (χ2n) is 4.50. The molecule has 1 rings (SSSR count). The van der Waals surface area contributed by atoms with Gasteiger partial charge < -0.3 is 0 Å². The summed E-state index contributed by atoms with van der Waals surface area (Å²) in [5, 5.41) is 0. The van der Waals surface area contributed by atoms with Crippen molar-refractivity contribution in [2.45, 2.75) is 35.6 Å². The second-order valence-corrected chi connectivity index (χ2v) is 8.20. The van der Waals surface area contributed by atoms with E-state index in [4.69, 9.17) is 6.42 Å². The smallest absolute Gasteiger partial charge is 0.224 e. The van der Waals surface area contributed by atoms with Crippen LogP contribution in [0, 0.1) is 18.2 Å². The molecule has 8 heteroatoms. The summed E-state index contributed by atoms with van der Waals surface area (Å²) in [6.45, 7) is 1.73. The number of hydrogen-bond donors (Lipinski definition) is 1. The fraction of sp³-hybridized carbons (Fsp3) is 0.385. The number of hydrogen-bond acceptors (Lipinski definition) is 4. The summed E-state index contributed by atoms with van der Waals surface area (Å²) in [6.07, 6.45) is 6.63. The van der Waals surface area contributed by atoms with E-state index in [0.717, 1.165) is 24.5 Å². The van der Waals surface area contributed by atoms with Crippen LogP contribution in [-0.2, 0) is 19.9 Å². The minimum atomic E-state index is -4.19. The molecule has 0 spiro atoms. The van der Waals surface area contributed by atoms with Gasteiger partial charge in [0.2, 0.25) is 10.0 Å². The minimum absolute atomic E-state index is 0.156. The van der Waals surface area contributed by atoms with Crippen molar-refractivity contribution in [3.8, 4) is 12.3 Å². The van der Waals surface area contributed by atoms with Crippen LogP contribution in [0.25, 0.3) is 0 Å². The Hall–Kier alpha value is -1.43. The summed E-state index contributed by atoms with van der Waals surface area (Å²) < 4.78 is 63.2. The predicted octanol–water partition coefficient (Wildman–Crippen LogP) is 1.31. The molecule has 5 nitrogen and oxygen atoms in total. The Labute approximate surface area is 124 Å². The number of sulfone groups is 1. The van der Waals surface area contributed by atoms with Crippen LogP contribution in [0.15, 0.2) is 28.0 Å². The molecule has 0 aromatic heterocycles. The highest BCUT2D eigenvalue weighted by Crippen LogP contribution is 2.20. The van der Waals surface area contributed by atoms with Crippen LogP contribution in [0.2, 0.25) is 0 Å². The number of benzene rings is 1. The van der Waals surface area contributed by atoms with Crippen molar-refractivity contribution in [2.24, 2.45) is 0 Å². The van der Waals surface area contributed by atoms with E-state index in [2.05, 4.69) is 10.6 Å². The molecule has 0 aliphatic rings. The van der Waals surface area contributed by atoms with E-state index in [1.807, 2.05) is 0 Å². The van der Waals surface area contributed by atoms with Crippen molar-refractivity contribution >= 4 is 19.9 Å². The highest BCUT2D eigenvalue weighted by molar-refractivity contribution is 7.91. The van der Waals surface area contributed by atoms with Crippen LogP contribution in [0.3, 0.4) is 0 Å². The Morgan fingerprint density at radius 1 is 1.33 bits per heavy atom. The van der Waals surface area contributed by atoms with Gasteiger partial charge in [0.05, 0.1) is 4.90 Å². The molecular formula is C13H16FNO4S2. The average Bonchev–Trinajstić information content (AvgIpc) is 2.36. The molecule has 0 heterocycles. The molecule has 21 heavy (non-hydrogen) atoms. The second kappa shape index (κ2) is 6.56. The minimum Gasteiger partial charge on any atom is -0.224 e. The van der Waals surface area contributed by atoms with E-state index in [1.54, 1.807) is 6.92 Å². The average molecular weight is 333 g/mol. The van der Waals surface area contributed by atoms with Gasteiger partial charge in [-0.3, -0.25) is 0 Å². The van der Waals surface area contributed by atoms with Crippen LogP contribution >= 0.6 is 0 Å². The molecule has 0 radical (unpaired) electrons. The SMILES string of the molecule is C#CCC(CC)NS(=O)(=O)c1cc(S(C)(=O)=O)ccc1F. The van der Waals surface area contributed by atoms with Crippen molar-refractivity contribution in [3.63, 3.8) is 0 Å². The molecule has 1 aromatic rings. The fourth-order valence-corrected chi connectivity index (χ4v) is 3.76. The quantitative estimate of drug-likeness (QED) is 0.629. The first kappa shape index (κ1) is 17.6. The molecular weight excluding hydrogens is 317 g/mol. The number of sulfonamides is 1. The normalized spacial score (nSPS) is 13.6. The molecule has 1 N–H and O–H groups in total. The Morgan fingerprint density at radius 2 is 1.95 bits per heavy atom. The first-order valence-corrected chi connectivity index (χ1v) is 9.44. The van der Waals surface area contributed by atoms with Crippen LogP contribution in [0.1, 0.15) is 19.8 Å². The number of nitrogens with one attached hydrogen (secondary N) is 1. The van der Waals surface area contributed by atoms with Crippen LogP contribution < -0.4 is 4.72 Å². The molecule has 1 atom stereocenters. The topological polar surface area (TPSA) is 80.3 Å². The van der Waals surface area contributed by atoms with Crippen molar-refractivity contribution in [1.29, 1.82) is 0 Å². The van der Waals surface area contributed by atoms with E-state index in [-0.39, 0.29) is 11.3 Å². The molecule has 0 saturated heterocycles. The van der Waals surface area contributed by atoms with Crippen molar-refractivity contribution in [3.05, 3.63) is 24.0 Å². The van der Waals surface area contributed by atoms with E-state index in [0.29, 0.717) is 6.42 Å². The Bertz CT molecular complexity index is 764. The Morgan fingerprint density at radius 3 is 2.43 bits per heavy atom. The molecule has 0 bridgehead atoms. The maximum absolute atomic E-state index is 13.7. The molecule has 116 valence electrons. The monoisotopic (exact) mass is 333 g/mol. The summed E-state index contributed by atoms with van der Waals surface area (Å²) >= 11 is 0. The molecule has 1 aromatic carbocycles. The van der Waals surface area contributed by atoms with Gasteiger partial charge in [-0.2, -0.15) is 0 Å². The van der Waals surface area contributed by atoms with E-state index >= 15 is 0 Å². The number of halogens is 1. The summed E-state index contributed by atoms with van der Waals surface area (Å²) in [5.41, 5.74) is 0. The van der Waals surface area contributed by atoms with Gasteiger partial charge in [-0.25, -0.2) is 25.9 Å². The Balaban J connectivity index is 3.29. The van der Waals surface area contributed by atoms with Crippen LogP contribution in [0.4, 0.5) is 4.39 Å². The fourth-order valence-electron chi connectivity index (χ4n) is 1.61. The highest BCUT2D eigenvalue weighted by Gasteiger charge is 2.24. The molecule has 0 aliphatic heterocycles. The summed E-state index contributed by atoms with van der Waals surface area (Å²) in [6, 6.07) is 2.09. The van der Waals surface area contributed by atoms with E-state index < -0.39 is 36.6 Å². The van der Waals surface area contributed by atoms with Gasteiger partial charge in [0, 0.05) is 18.7 Å². The van der Waals surface area contributed by atoms with Gasteiger partial charge in [0.1, 0.15) is 10.7 Å². The zero-order valence-corrected chi connectivity index (χ0v) is 13.3. The van der Waals surface area contributed by atoms with Crippen molar-refractivity contribution in [1.82, 2.24) is 4.72 Å². The Kier molecular flexibility index (Phi) is 5.50. The first-order chi connectivity index (χ1) is 9.61. The largest absolute Gasteiger partial charge is 0.243 e. The van der Waals surface area contributed by atoms with Crippen LogP contribution in [0.5, 0.6) is 0 Å². The summed E-state index contributed by atoms with van der Waals surface area (Å²) in [4.78, 5) is -0.977. The predicted molar refractivity (Wildman–Crippen MR) is 77.4 cm³/mol. The van der Waals surface area contributed by atoms with Gasteiger partial charge in [0.25, 0.3) is 0 Å². The van der Waals surface area contributed by atoms with Gasteiger partial charge in [0.15, 0.2) is 9.84 Å². The first-order valence-electron chi connectivity index (χ1n) is 6.07. The third kappa shape index (κ3) is 4.52. The van der Waals surface area contributed by atoms with E-state index in [9.17, 15) is 21.2 Å². The summed E-state index contributed by atoms with van der Waals surface area (Å²) in [7, 11) is -7.83.